The van der Waals surface area contributed by atoms with E-state index in [-0.39, 0.29) is 6.04 Å². The van der Waals surface area contributed by atoms with Crippen LogP contribution in [0.4, 0.5) is 0 Å². The molecule has 0 aliphatic carbocycles. The lowest BCUT2D eigenvalue weighted by molar-refractivity contribution is 0.709. The van der Waals surface area contributed by atoms with Crippen LogP contribution in [0.15, 0.2) is 60.0 Å². The molecule has 3 heteroatoms. The number of hydrogen-bond donors (Lipinski definition) is 1. The third-order valence-corrected chi connectivity index (χ3v) is 6.02. The highest BCUT2D eigenvalue weighted by atomic mass is 32.1. The van der Waals surface area contributed by atoms with Crippen molar-refractivity contribution in [3.05, 3.63) is 70.4 Å². The largest absolute Gasteiger partial charge is 0.309 e. The van der Waals surface area contributed by atoms with E-state index >= 15 is 0 Å². The van der Waals surface area contributed by atoms with E-state index in [2.05, 4.69) is 65.3 Å². The highest BCUT2D eigenvalue weighted by molar-refractivity contribution is 7.27. The summed E-state index contributed by atoms with van der Waals surface area (Å²) in [4.78, 5) is 1.38. The zero-order valence-corrected chi connectivity index (χ0v) is 13.3. The van der Waals surface area contributed by atoms with Gasteiger partial charge in [-0.2, -0.15) is 0 Å². The first-order chi connectivity index (χ1) is 10.4. The SMILES string of the molecule is CNC(c1cc2sccc2s1)c1cccc2ccccc12. The molecule has 1 N–H and O–H groups in total. The maximum absolute atomic E-state index is 3.49. The van der Waals surface area contributed by atoms with E-state index in [0.717, 1.165) is 0 Å². The molecule has 0 spiro atoms. The van der Waals surface area contributed by atoms with Crippen LogP contribution in [0.3, 0.4) is 0 Å². The van der Waals surface area contributed by atoms with Gasteiger partial charge in [0.25, 0.3) is 0 Å². The second-order valence-corrected chi connectivity index (χ2v) is 7.15. The Bertz CT molecular complexity index is 870. The topological polar surface area (TPSA) is 12.0 Å². The lowest BCUT2D eigenvalue weighted by Gasteiger charge is -2.17. The summed E-state index contributed by atoms with van der Waals surface area (Å²) >= 11 is 3.71. The van der Waals surface area contributed by atoms with Crippen LogP contribution >= 0.6 is 22.7 Å². The van der Waals surface area contributed by atoms with Crippen molar-refractivity contribution in [2.24, 2.45) is 0 Å². The summed E-state index contributed by atoms with van der Waals surface area (Å²) in [5, 5.41) is 8.29. The zero-order chi connectivity index (χ0) is 14.2. The summed E-state index contributed by atoms with van der Waals surface area (Å²) < 4.78 is 2.77. The van der Waals surface area contributed by atoms with Crippen molar-refractivity contribution in [2.45, 2.75) is 6.04 Å². The molecule has 104 valence electrons. The van der Waals surface area contributed by atoms with Crippen LogP contribution in [0.1, 0.15) is 16.5 Å². The van der Waals surface area contributed by atoms with Gasteiger partial charge < -0.3 is 5.32 Å². The molecule has 2 aromatic carbocycles. The molecule has 4 rings (SSSR count). The molecule has 0 radical (unpaired) electrons. The van der Waals surface area contributed by atoms with Crippen LogP contribution in [0.5, 0.6) is 0 Å². The average Bonchev–Trinajstić information content (AvgIpc) is 3.10. The Morgan fingerprint density at radius 2 is 1.81 bits per heavy atom. The first-order valence-electron chi connectivity index (χ1n) is 6.98. The zero-order valence-electron chi connectivity index (χ0n) is 11.7. The Kier molecular flexibility index (Phi) is 3.26. The van der Waals surface area contributed by atoms with E-state index in [0.29, 0.717) is 0 Å². The second-order valence-electron chi connectivity index (χ2n) is 5.09. The smallest absolute Gasteiger partial charge is 0.0675 e. The minimum Gasteiger partial charge on any atom is -0.309 e. The lowest BCUT2D eigenvalue weighted by Crippen LogP contribution is -2.16. The van der Waals surface area contributed by atoms with Crippen LogP contribution < -0.4 is 5.32 Å². The quantitative estimate of drug-likeness (QED) is 0.532. The molecule has 21 heavy (non-hydrogen) atoms. The van der Waals surface area contributed by atoms with Gasteiger partial charge in [-0.25, -0.2) is 0 Å². The molecular formula is C18H15NS2. The normalized spacial score (nSPS) is 13.0. The molecular weight excluding hydrogens is 294 g/mol. The maximum atomic E-state index is 3.49. The molecule has 0 saturated carbocycles. The van der Waals surface area contributed by atoms with Crippen molar-refractivity contribution < 1.29 is 0 Å². The van der Waals surface area contributed by atoms with Gasteiger partial charge >= 0.3 is 0 Å². The van der Waals surface area contributed by atoms with E-state index in [1.807, 2.05) is 29.7 Å². The predicted molar refractivity (Wildman–Crippen MR) is 94.6 cm³/mol. The van der Waals surface area contributed by atoms with Crippen molar-refractivity contribution in [1.82, 2.24) is 5.32 Å². The molecule has 0 aliphatic rings. The van der Waals surface area contributed by atoms with Gasteiger partial charge in [0.15, 0.2) is 0 Å². The monoisotopic (exact) mass is 309 g/mol. The molecule has 0 bridgehead atoms. The number of benzene rings is 2. The van der Waals surface area contributed by atoms with Gasteiger partial charge in [-0.15, -0.1) is 22.7 Å². The van der Waals surface area contributed by atoms with Crippen molar-refractivity contribution in [3.63, 3.8) is 0 Å². The van der Waals surface area contributed by atoms with Crippen molar-refractivity contribution in [3.8, 4) is 0 Å². The summed E-state index contributed by atoms with van der Waals surface area (Å²) in [6, 6.07) is 20.0. The van der Waals surface area contributed by atoms with E-state index in [9.17, 15) is 0 Å². The molecule has 0 saturated heterocycles. The Balaban J connectivity index is 1.90. The molecule has 1 atom stereocenters. The summed E-state index contributed by atoms with van der Waals surface area (Å²) in [5.74, 6) is 0. The van der Waals surface area contributed by atoms with Crippen LogP contribution in [0.2, 0.25) is 0 Å². The number of fused-ring (bicyclic) bond motifs is 2. The lowest BCUT2D eigenvalue weighted by atomic mass is 9.98. The van der Waals surface area contributed by atoms with Gasteiger partial charge in [0, 0.05) is 14.3 Å². The fourth-order valence-electron chi connectivity index (χ4n) is 2.88. The number of thiophene rings is 2. The standard InChI is InChI=1S/C18H15NS2/c1-19-18(17-11-16-15(21-17)9-10-20-16)14-8-4-6-12-5-2-3-7-13(12)14/h2-11,18-19H,1H3. The van der Waals surface area contributed by atoms with Crippen LogP contribution in [-0.4, -0.2) is 7.05 Å². The fourth-order valence-corrected chi connectivity index (χ4v) is 5.13. The van der Waals surface area contributed by atoms with E-state index in [4.69, 9.17) is 0 Å². The Labute approximate surface area is 131 Å². The summed E-state index contributed by atoms with van der Waals surface area (Å²) in [7, 11) is 2.04. The number of nitrogens with one attached hydrogen (secondary N) is 1. The number of rotatable bonds is 3. The highest BCUT2D eigenvalue weighted by Gasteiger charge is 2.17. The number of hydrogen-bond acceptors (Lipinski definition) is 3. The molecule has 4 aromatic rings. The van der Waals surface area contributed by atoms with Crippen LogP contribution in [0.25, 0.3) is 20.2 Å². The van der Waals surface area contributed by atoms with Gasteiger partial charge in [-0.3, -0.25) is 0 Å². The van der Waals surface area contributed by atoms with Gasteiger partial charge in [-0.1, -0.05) is 42.5 Å². The average molecular weight is 309 g/mol. The molecule has 1 unspecified atom stereocenters. The second kappa shape index (κ2) is 5.26. The van der Waals surface area contributed by atoms with E-state index in [1.54, 1.807) is 0 Å². The molecule has 0 fully saturated rings. The molecule has 2 heterocycles. The highest BCUT2D eigenvalue weighted by Crippen LogP contribution is 2.37. The maximum Gasteiger partial charge on any atom is 0.0675 e. The van der Waals surface area contributed by atoms with Gasteiger partial charge in [0.2, 0.25) is 0 Å². The molecule has 0 aliphatic heterocycles. The molecule has 2 aromatic heterocycles. The third-order valence-electron chi connectivity index (χ3n) is 3.87. The predicted octanol–water partition coefficient (Wildman–Crippen LogP) is 5.42. The summed E-state index contributed by atoms with van der Waals surface area (Å²) in [6.07, 6.45) is 0. The van der Waals surface area contributed by atoms with Gasteiger partial charge in [-0.05, 0) is 40.9 Å². The van der Waals surface area contributed by atoms with Gasteiger partial charge in [0.1, 0.15) is 0 Å². The minimum absolute atomic E-state index is 0.251. The van der Waals surface area contributed by atoms with Crippen LogP contribution in [-0.2, 0) is 0 Å². The third kappa shape index (κ3) is 2.18. The van der Waals surface area contributed by atoms with Crippen molar-refractivity contribution in [2.75, 3.05) is 7.05 Å². The Morgan fingerprint density at radius 3 is 2.67 bits per heavy atom. The summed E-state index contributed by atoms with van der Waals surface area (Å²) in [6.45, 7) is 0. The summed E-state index contributed by atoms with van der Waals surface area (Å²) in [5.41, 5.74) is 1.35. The van der Waals surface area contributed by atoms with Gasteiger partial charge in [0.05, 0.1) is 6.04 Å². The molecule has 1 nitrogen and oxygen atoms in total. The minimum atomic E-state index is 0.251. The first-order valence-corrected chi connectivity index (χ1v) is 8.68. The fraction of sp³-hybridized carbons (Fsp3) is 0.111. The molecule has 0 amide bonds. The van der Waals surface area contributed by atoms with E-state index < -0.39 is 0 Å². The Morgan fingerprint density at radius 1 is 0.952 bits per heavy atom. The Hall–Kier alpha value is -1.68. The van der Waals surface area contributed by atoms with Crippen LogP contribution in [0, 0.1) is 0 Å². The van der Waals surface area contributed by atoms with E-state index in [1.165, 1.54) is 30.6 Å². The van der Waals surface area contributed by atoms with Crippen molar-refractivity contribution >= 4 is 42.8 Å². The van der Waals surface area contributed by atoms with Crippen molar-refractivity contribution in [1.29, 1.82) is 0 Å². The first kappa shape index (κ1) is 13.0.